The van der Waals surface area contributed by atoms with Crippen molar-refractivity contribution in [2.75, 3.05) is 0 Å². The van der Waals surface area contributed by atoms with E-state index in [-0.39, 0.29) is 6.10 Å². The summed E-state index contributed by atoms with van der Waals surface area (Å²) >= 11 is 0. The Bertz CT molecular complexity index is 144. The topological polar surface area (TPSA) is 20.2 Å². The third-order valence-corrected chi connectivity index (χ3v) is 3.78. The van der Waals surface area contributed by atoms with Gasteiger partial charge >= 0.3 is 0 Å². The zero-order chi connectivity index (χ0) is 10.4. The molecule has 0 bridgehead atoms. The van der Waals surface area contributed by atoms with Crippen molar-refractivity contribution in [3.63, 3.8) is 0 Å². The standard InChI is InChI=1S/C13H26O/c1-3-4-5-10-13(14)12-9-7-6-8-11(12)2/h11-14H,3-10H2,1-2H3. The number of rotatable bonds is 5. The fourth-order valence-electron chi connectivity index (χ4n) is 2.73. The zero-order valence-electron chi connectivity index (χ0n) is 9.84. The summed E-state index contributed by atoms with van der Waals surface area (Å²) in [6, 6.07) is 0. The van der Waals surface area contributed by atoms with Gasteiger partial charge in [0.2, 0.25) is 0 Å². The van der Waals surface area contributed by atoms with Crippen molar-refractivity contribution in [1.29, 1.82) is 0 Å². The summed E-state index contributed by atoms with van der Waals surface area (Å²) in [6.45, 7) is 4.53. The van der Waals surface area contributed by atoms with Crippen LogP contribution in [0.3, 0.4) is 0 Å². The fourth-order valence-corrected chi connectivity index (χ4v) is 2.73. The molecule has 1 heteroatoms. The molecular weight excluding hydrogens is 172 g/mol. The lowest BCUT2D eigenvalue weighted by Crippen LogP contribution is -2.29. The third-order valence-electron chi connectivity index (χ3n) is 3.78. The van der Waals surface area contributed by atoms with Crippen molar-refractivity contribution in [3.8, 4) is 0 Å². The first kappa shape index (κ1) is 12.0. The molecule has 0 spiro atoms. The highest BCUT2D eigenvalue weighted by Gasteiger charge is 2.27. The molecule has 3 unspecified atom stereocenters. The molecule has 0 radical (unpaired) electrons. The second-order valence-electron chi connectivity index (χ2n) is 4.99. The van der Waals surface area contributed by atoms with Gasteiger partial charge in [-0.15, -0.1) is 0 Å². The van der Waals surface area contributed by atoms with Gasteiger partial charge in [-0.25, -0.2) is 0 Å². The Morgan fingerprint density at radius 1 is 1.21 bits per heavy atom. The van der Waals surface area contributed by atoms with Crippen LogP contribution < -0.4 is 0 Å². The minimum absolute atomic E-state index is 0.0168. The van der Waals surface area contributed by atoms with Crippen LogP contribution in [0.5, 0.6) is 0 Å². The van der Waals surface area contributed by atoms with E-state index >= 15 is 0 Å². The van der Waals surface area contributed by atoms with Gasteiger partial charge in [0, 0.05) is 0 Å². The summed E-state index contributed by atoms with van der Waals surface area (Å²) < 4.78 is 0. The van der Waals surface area contributed by atoms with Gasteiger partial charge in [0.15, 0.2) is 0 Å². The first-order chi connectivity index (χ1) is 6.75. The van der Waals surface area contributed by atoms with Crippen LogP contribution in [0.4, 0.5) is 0 Å². The zero-order valence-corrected chi connectivity index (χ0v) is 9.84. The van der Waals surface area contributed by atoms with E-state index in [1.54, 1.807) is 0 Å². The van der Waals surface area contributed by atoms with Crippen LogP contribution in [-0.2, 0) is 0 Å². The first-order valence-corrected chi connectivity index (χ1v) is 6.43. The average molecular weight is 198 g/mol. The fraction of sp³-hybridized carbons (Fsp3) is 1.00. The maximum absolute atomic E-state index is 10.1. The second-order valence-corrected chi connectivity index (χ2v) is 4.99. The molecule has 14 heavy (non-hydrogen) atoms. The minimum atomic E-state index is -0.0168. The van der Waals surface area contributed by atoms with Gasteiger partial charge < -0.3 is 5.11 Å². The highest BCUT2D eigenvalue weighted by Crippen LogP contribution is 2.33. The highest BCUT2D eigenvalue weighted by atomic mass is 16.3. The van der Waals surface area contributed by atoms with E-state index in [2.05, 4.69) is 13.8 Å². The summed E-state index contributed by atoms with van der Waals surface area (Å²) in [6.07, 6.45) is 10.1. The Morgan fingerprint density at radius 2 is 1.93 bits per heavy atom. The maximum atomic E-state index is 10.1. The lowest BCUT2D eigenvalue weighted by atomic mass is 9.76. The van der Waals surface area contributed by atoms with Gasteiger partial charge in [-0.3, -0.25) is 0 Å². The van der Waals surface area contributed by atoms with Crippen molar-refractivity contribution in [1.82, 2.24) is 0 Å². The van der Waals surface area contributed by atoms with Crippen molar-refractivity contribution < 1.29 is 5.11 Å². The van der Waals surface area contributed by atoms with Crippen LogP contribution in [0, 0.1) is 11.8 Å². The normalized spacial score (nSPS) is 30.2. The van der Waals surface area contributed by atoms with Crippen LogP contribution in [-0.4, -0.2) is 11.2 Å². The summed E-state index contributed by atoms with van der Waals surface area (Å²) in [4.78, 5) is 0. The van der Waals surface area contributed by atoms with Crippen LogP contribution in [0.2, 0.25) is 0 Å². The SMILES string of the molecule is CCCCCC(O)C1CCCCC1C. The van der Waals surface area contributed by atoms with E-state index in [9.17, 15) is 5.11 Å². The number of hydrogen-bond acceptors (Lipinski definition) is 1. The molecular formula is C13H26O. The highest BCUT2D eigenvalue weighted by molar-refractivity contribution is 4.78. The molecule has 1 nitrogen and oxygen atoms in total. The Balaban J connectivity index is 2.23. The van der Waals surface area contributed by atoms with Crippen LogP contribution in [0.25, 0.3) is 0 Å². The molecule has 0 aromatic carbocycles. The van der Waals surface area contributed by atoms with Gasteiger partial charge in [0.05, 0.1) is 6.10 Å². The number of hydrogen-bond donors (Lipinski definition) is 1. The van der Waals surface area contributed by atoms with Crippen LogP contribution in [0.1, 0.15) is 65.2 Å². The van der Waals surface area contributed by atoms with Crippen LogP contribution >= 0.6 is 0 Å². The molecule has 1 N–H and O–H groups in total. The number of unbranched alkanes of at least 4 members (excludes halogenated alkanes) is 2. The number of aliphatic hydroxyl groups excluding tert-OH is 1. The molecule has 0 aromatic heterocycles. The Labute approximate surface area is 88.9 Å². The molecule has 0 aromatic rings. The average Bonchev–Trinajstić information content (AvgIpc) is 2.18. The minimum Gasteiger partial charge on any atom is -0.393 e. The molecule has 84 valence electrons. The van der Waals surface area contributed by atoms with Crippen LogP contribution in [0.15, 0.2) is 0 Å². The van der Waals surface area contributed by atoms with Gasteiger partial charge in [0.1, 0.15) is 0 Å². The van der Waals surface area contributed by atoms with E-state index in [1.165, 1.54) is 44.9 Å². The molecule has 0 amide bonds. The van der Waals surface area contributed by atoms with Gasteiger partial charge in [-0.1, -0.05) is 52.4 Å². The Kier molecular flexibility index (Phi) is 5.54. The lowest BCUT2D eigenvalue weighted by Gasteiger charge is -2.32. The summed E-state index contributed by atoms with van der Waals surface area (Å²) in [5.41, 5.74) is 0. The summed E-state index contributed by atoms with van der Waals surface area (Å²) in [5.74, 6) is 1.35. The van der Waals surface area contributed by atoms with E-state index in [1.807, 2.05) is 0 Å². The maximum Gasteiger partial charge on any atom is 0.0570 e. The molecule has 1 aliphatic carbocycles. The van der Waals surface area contributed by atoms with Gasteiger partial charge in [-0.2, -0.15) is 0 Å². The van der Waals surface area contributed by atoms with E-state index < -0.39 is 0 Å². The largest absolute Gasteiger partial charge is 0.393 e. The number of aliphatic hydroxyl groups is 1. The predicted molar refractivity (Wildman–Crippen MR) is 61.3 cm³/mol. The predicted octanol–water partition coefficient (Wildman–Crippen LogP) is 3.75. The summed E-state index contributed by atoms with van der Waals surface area (Å²) in [5, 5.41) is 10.1. The molecule has 1 rings (SSSR count). The monoisotopic (exact) mass is 198 g/mol. The molecule has 0 saturated heterocycles. The molecule has 1 aliphatic rings. The second kappa shape index (κ2) is 6.44. The quantitative estimate of drug-likeness (QED) is 0.667. The van der Waals surface area contributed by atoms with Crippen molar-refractivity contribution in [2.45, 2.75) is 71.3 Å². The third kappa shape index (κ3) is 3.61. The Morgan fingerprint density at radius 3 is 2.57 bits per heavy atom. The van der Waals surface area contributed by atoms with Crippen molar-refractivity contribution >= 4 is 0 Å². The van der Waals surface area contributed by atoms with E-state index in [0.29, 0.717) is 5.92 Å². The first-order valence-electron chi connectivity index (χ1n) is 6.43. The Hall–Kier alpha value is -0.0400. The smallest absolute Gasteiger partial charge is 0.0570 e. The molecule has 1 fully saturated rings. The van der Waals surface area contributed by atoms with E-state index in [4.69, 9.17) is 0 Å². The summed E-state index contributed by atoms with van der Waals surface area (Å²) in [7, 11) is 0. The van der Waals surface area contributed by atoms with Gasteiger partial charge in [-0.05, 0) is 24.7 Å². The lowest BCUT2D eigenvalue weighted by molar-refractivity contribution is 0.0455. The molecule has 1 saturated carbocycles. The molecule has 3 atom stereocenters. The van der Waals surface area contributed by atoms with E-state index in [0.717, 1.165) is 12.3 Å². The molecule has 0 aliphatic heterocycles. The van der Waals surface area contributed by atoms with Crippen molar-refractivity contribution in [2.24, 2.45) is 11.8 Å². The van der Waals surface area contributed by atoms with Gasteiger partial charge in [0.25, 0.3) is 0 Å². The molecule has 0 heterocycles. The van der Waals surface area contributed by atoms with Crippen molar-refractivity contribution in [3.05, 3.63) is 0 Å².